The van der Waals surface area contributed by atoms with Gasteiger partial charge in [0, 0.05) is 30.9 Å². The Morgan fingerprint density at radius 3 is 2.35 bits per heavy atom. The number of unbranched alkanes of at least 4 members (excludes halogenated alkanes) is 4. The second kappa shape index (κ2) is 10.4. The Morgan fingerprint density at radius 2 is 1.65 bits per heavy atom. The third-order valence-corrected chi connectivity index (χ3v) is 9.67. The molecule has 5 fully saturated rings. The van der Waals surface area contributed by atoms with Crippen molar-refractivity contribution in [3.8, 4) is 0 Å². The van der Waals surface area contributed by atoms with Gasteiger partial charge in [0.25, 0.3) is 0 Å². The highest BCUT2D eigenvalue weighted by Crippen LogP contribution is 2.55. The number of anilines is 1. The van der Waals surface area contributed by atoms with E-state index in [9.17, 15) is 9.59 Å². The van der Waals surface area contributed by atoms with Crippen molar-refractivity contribution in [1.82, 2.24) is 20.4 Å². The van der Waals surface area contributed by atoms with Gasteiger partial charge < -0.3 is 10.6 Å². The molecule has 4 bridgehead atoms. The molecule has 1 unspecified atom stereocenters. The van der Waals surface area contributed by atoms with E-state index in [1.807, 2.05) is 23.9 Å². The number of para-hydroxylation sites is 1. The van der Waals surface area contributed by atoms with Gasteiger partial charge in [0.2, 0.25) is 11.8 Å². The third-order valence-electron chi connectivity index (χ3n) is 9.67. The number of carbonyl (C=O) groups is 2. The molecule has 1 atom stereocenters. The van der Waals surface area contributed by atoms with Gasteiger partial charge in [-0.3, -0.25) is 19.6 Å². The molecule has 5 aliphatic rings. The number of carbonyl (C=O) groups excluding carboxylic acids is 2. The molecule has 1 aromatic heterocycles. The van der Waals surface area contributed by atoms with Crippen molar-refractivity contribution in [2.75, 3.05) is 18.4 Å². The van der Waals surface area contributed by atoms with E-state index in [2.05, 4.69) is 22.0 Å². The second-order valence-corrected chi connectivity index (χ2v) is 12.5. The normalized spacial score (nSPS) is 30.7. The summed E-state index contributed by atoms with van der Waals surface area (Å²) in [5.74, 6) is 2.27. The first-order valence-corrected chi connectivity index (χ1v) is 14.8. The first kappa shape index (κ1) is 24.9. The highest BCUT2D eigenvalue weighted by atomic mass is 16.2. The molecule has 4 aliphatic carbocycles. The summed E-state index contributed by atoms with van der Waals surface area (Å²) in [6.45, 7) is 2.13. The van der Waals surface area contributed by atoms with Crippen molar-refractivity contribution in [2.45, 2.75) is 94.9 Å². The number of rotatable bonds is 11. The van der Waals surface area contributed by atoms with E-state index in [4.69, 9.17) is 5.10 Å². The van der Waals surface area contributed by atoms with Crippen molar-refractivity contribution < 1.29 is 9.59 Å². The molecule has 2 aromatic rings. The number of fused-ring (bicyclic) bond motifs is 1. The van der Waals surface area contributed by atoms with E-state index in [0.717, 1.165) is 53.0 Å². The Kier molecular flexibility index (Phi) is 6.99. The van der Waals surface area contributed by atoms with E-state index in [-0.39, 0.29) is 17.7 Å². The summed E-state index contributed by atoms with van der Waals surface area (Å²) in [6, 6.07) is 6.15. The highest BCUT2D eigenvalue weighted by molar-refractivity contribution is 6.03. The molecule has 200 valence electrons. The van der Waals surface area contributed by atoms with E-state index >= 15 is 0 Å². The average Bonchev–Trinajstić information content (AvgIpc) is 3.19. The molecule has 2 heterocycles. The fraction of sp³-hybridized carbons (Fsp3) is 0.700. The first-order chi connectivity index (χ1) is 18.0. The maximum absolute atomic E-state index is 12.4. The van der Waals surface area contributed by atoms with Crippen LogP contribution < -0.4 is 16.0 Å². The Morgan fingerprint density at radius 1 is 0.973 bits per heavy atom. The summed E-state index contributed by atoms with van der Waals surface area (Å²) < 4.78 is 1.87. The molecule has 4 saturated carbocycles. The van der Waals surface area contributed by atoms with Crippen molar-refractivity contribution in [1.29, 1.82) is 0 Å². The van der Waals surface area contributed by atoms with Gasteiger partial charge in [0.15, 0.2) is 0 Å². The van der Waals surface area contributed by atoms with Crippen LogP contribution in [0.2, 0.25) is 0 Å². The molecular weight excluding hydrogens is 462 g/mol. The molecule has 1 aromatic carbocycles. The minimum atomic E-state index is -0.367. The molecule has 1 aliphatic heterocycles. The standard InChI is InChI=1S/C30H43N5O2/c1-35-28-23(27(34-35)24-10-11-26(36)33-29(24)37)8-7-9-25(28)31-12-5-3-2-4-6-13-32-30-17-20-14-21(18-30)16-22(15-20)19-30/h7-9,20-22,24,31-32H,2-6,10-19H2,1H3,(H,33,36,37). The number of hydrogen-bond donors (Lipinski definition) is 3. The molecule has 2 amide bonds. The number of nitrogens with zero attached hydrogens (tertiary/aromatic N) is 2. The summed E-state index contributed by atoms with van der Waals surface area (Å²) in [6.07, 6.45) is 16.1. The van der Waals surface area contributed by atoms with Crippen molar-refractivity contribution in [3.63, 3.8) is 0 Å². The predicted octanol–water partition coefficient (Wildman–Crippen LogP) is 5.01. The summed E-state index contributed by atoms with van der Waals surface area (Å²) in [5.41, 5.74) is 3.36. The zero-order valence-electron chi connectivity index (χ0n) is 22.4. The van der Waals surface area contributed by atoms with Crippen LogP contribution in [0.4, 0.5) is 5.69 Å². The maximum Gasteiger partial charge on any atom is 0.235 e. The van der Waals surface area contributed by atoms with E-state index in [1.54, 1.807) is 0 Å². The van der Waals surface area contributed by atoms with Crippen LogP contribution >= 0.6 is 0 Å². The van der Waals surface area contributed by atoms with Crippen molar-refractivity contribution in [3.05, 3.63) is 23.9 Å². The number of piperidine rings is 1. The number of benzene rings is 1. The van der Waals surface area contributed by atoms with Crippen LogP contribution in [0.3, 0.4) is 0 Å². The van der Waals surface area contributed by atoms with Crippen LogP contribution in [0, 0.1) is 17.8 Å². The lowest BCUT2D eigenvalue weighted by molar-refractivity contribution is -0.134. The summed E-state index contributed by atoms with van der Waals surface area (Å²) >= 11 is 0. The number of aryl methyl sites for hydroxylation is 1. The first-order valence-electron chi connectivity index (χ1n) is 14.8. The van der Waals surface area contributed by atoms with Crippen LogP contribution in [0.25, 0.3) is 10.9 Å². The molecule has 7 nitrogen and oxygen atoms in total. The fourth-order valence-electron chi connectivity index (χ4n) is 8.40. The number of aromatic nitrogens is 2. The second-order valence-electron chi connectivity index (χ2n) is 12.5. The Labute approximate surface area is 220 Å². The van der Waals surface area contributed by atoms with Crippen LogP contribution in [-0.4, -0.2) is 40.2 Å². The molecule has 0 spiro atoms. The molecule has 0 radical (unpaired) electrons. The predicted molar refractivity (Wildman–Crippen MR) is 146 cm³/mol. The minimum Gasteiger partial charge on any atom is -0.383 e. The Hall–Kier alpha value is -2.41. The molecule has 37 heavy (non-hydrogen) atoms. The summed E-state index contributed by atoms with van der Waals surface area (Å²) in [5, 5.41) is 15.8. The lowest BCUT2D eigenvalue weighted by Crippen LogP contribution is -2.58. The minimum absolute atomic E-state index is 0.192. The number of amides is 2. The van der Waals surface area contributed by atoms with Gasteiger partial charge in [-0.1, -0.05) is 31.4 Å². The smallest absolute Gasteiger partial charge is 0.235 e. The van der Waals surface area contributed by atoms with Crippen LogP contribution in [0.5, 0.6) is 0 Å². The number of imide groups is 1. The van der Waals surface area contributed by atoms with E-state index in [0.29, 0.717) is 18.4 Å². The van der Waals surface area contributed by atoms with Crippen LogP contribution in [-0.2, 0) is 16.6 Å². The van der Waals surface area contributed by atoms with Gasteiger partial charge >= 0.3 is 0 Å². The zero-order chi connectivity index (χ0) is 25.4. The lowest BCUT2D eigenvalue weighted by Gasteiger charge is -2.57. The van der Waals surface area contributed by atoms with Gasteiger partial charge in [0.1, 0.15) is 0 Å². The maximum atomic E-state index is 12.4. The van der Waals surface area contributed by atoms with Gasteiger partial charge in [-0.2, -0.15) is 5.10 Å². The van der Waals surface area contributed by atoms with E-state index < -0.39 is 0 Å². The molecule has 3 N–H and O–H groups in total. The summed E-state index contributed by atoms with van der Waals surface area (Å²) in [4.78, 5) is 24.0. The van der Waals surface area contributed by atoms with Crippen molar-refractivity contribution in [2.24, 2.45) is 24.8 Å². The Bertz CT molecular complexity index is 1120. The van der Waals surface area contributed by atoms with Crippen LogP contribution in [0.15, 0.2) is 18.2 Å². The topological polar surface area (TPSA) is 88.0 Å². The molecule has 1 saturated heterocycles. The monoisotopic (exact) mass is 505 g/mol. The van der Waals surface area contributed by atoms with Crippen molar-refractivity contribution >= 4 is 28.4 Å². The van der Waals surface area contributed by atoms with Gasteiger partial charge in [0.05, 0.1) is 22.8 Å². The quantitative estimate of drug-likeness (QED) is 0.295. The van der Waals surface area contributed by atoms with Gasteiger partial charge in [-0.05, 0) is 88.2 Å². The van der Waals surface area contributed by atoms with Gasteiger partial charge in [-0.25, -0.2) is 0 Å². The highest BCUT2D eigenvalue weighted by Gasteiger charge is 2.50. The molecule has 7 rings (SSSR count). The molecular formula is C30H43N5O2. The fourth-order valence-corrected chi connectivity index (χ4v) is 8.40. The molecule has 7 heteroatoms. The van der Waals surface area contributed by atoms with Crippen LogP contribution in [0.1, 0.15) is 95.1 Å². The zero-order valence-corrected chi connectivity index (χ0v) is 22.4. The number of hydrogen-bond acceptors (Lipinski definition) is 5. The summed E-state index contributed by atoms with van der Waals surface area (Å²) in [7, 11) is 1.93. The lowest BCUT2D eigenvalue weighted by atomic mass is 9.53. The van der Waals surface area contributed by atoms with E-state index in [1.165, 1.54) is 70.8 Å². The SMILES string of the molecule is Cn1nc(C2CCC(=O)NC2=O)c2cccc(NCCCCCCCNC34CC5CC(CC(C5)C3)C4)c21. The number of nitrogens with one attached hydrogen (secondary N) is 3. The third kappa shape index (κ3) is 5.16. The van der Waals surface area contributed by atoms with Gasteiger partial charge in [-0.15, -0.1) is 0 Å². The largest absolute Gasteiger partial charge is 0.383 e. The average molecular weight is 506 g/mol. The Balaban J connectivity index is 0.930.